The number of hydrogen-bond acceptors (Lipinski definition) is 5. The zero-order valence-corrected chi connectivity index (χ0v) is 12.3. The molecule has 1 atom stereocenters. The number of nitrogens with one attached hydrogen (secondary N) is 1. The van der Waals surface area contributed by atoms with Gasteiger partial charge in [0.1, 0.15) is 0 Å². The molecule has 2 aliphatic heterocycles. The molecule has 1 fully saturated rings. The van der Waals surface area contributed by atoms with Gasteiger partial charge >= 0.3 is 0 Å². The van der Waals surface area contributed by atoms with Crippen LogP contribution in [0.5, 0.6) is 11.5 Å². The molecule has 0 spiro atoms. The van der Waals surface area contributed by atoms with E-state index in [1.165, 1.54) is 0 Å². The van der Waals surface area contributed by atoms with Gasteiger partial charge in [-0.3, -0.25) is 4.79 Å². The molecule has 1 amide bonds. The summed E-state index contributed by atoms with van der Waals surface area (Å²) in [4.78, 5) is 11.9. The monoisotopic (exact) mass is 311 g/mol. The van der Waals surface area contributed by atoms with Crippen molar-refractivity contribution in [1.29, 1.82) is 0 Å². The molecule has 0 saturated carbocycles. The first-order chi connectivity index (χ1) is 10.0. The highest BCUT2D eigenvalue weighted by molar-refractivity contribution is 7.91. The van der Waals surface area contributed by atoms with Gasteiger partial charge in [-0.15, -0.1) is 0 Å². The van der Waals surface area contributed by atoms with Crippen molar-refractivity contribution in [2.45, 2.75) is 19.4 Å². The Morgan fingerprint density at radius 3 is 2.86 bits per heavy atom. The number of carbonyl (C=O) groups is 1. The van der Waals surface area contributed by atoms with E-state index in [9.17, 15) is 13.2 Å². The van der Waals surface area contributed by atoms with Gasteiger partial charge in [-0.05, 0) is 30.0 Å². The summed E-state index contributed by atoms with van der Waals surface area (Å²) in [5.41, 5.74) is 0.923. The second-order valence-corrected chi connectivity index (χ2v) is 7.67. The molecule has 21 heavy (non-hydrogen) atoms. The summed E-state index contributed by atoms with van der Waals surface area (Å²) >= 11 is 0. The number of benzene rings is 1. The van der Waals surface area contributed by atoms with Crippen LogP contribution in [0.25, 0.3) is 0 Å². The summed E-state index contributed by atoms with van der Waals surface area (Å²) < 4.78 is 33.2. The molecule has 0 aliphatic carbocycles. The summed E-state index contributed by atoms with van der Waals surface area (Å²) in [6, 6.07) is 5.52. The first kappa shape index (κ1) is 14.2. The van der Waals surface area contributed by atoms with E-state index in [4.69, 9.17) is 9.47 Å². The van der Waals surface area contributed by atoms with Crippen LogP contribution in [0.15, 0.2) is 18.2 Å². The third kappa shape index (κ3) is 3.47. The minimum Gasteiger partial charge on any atom is -0.454 e. The minimum atomic E-state index is -2.93. The average molecular weight is 311 g/mol. The zero-order valence-electron chi connectivity index (χ0n) is 11.5. The van der Waals surface area contributed by atoms with Gasteiger partial charge < -0.3 is 14.8 Å². The molecule has 2 heterocycles. The lowest BCUT2D eigenvalue weighted by Crippen LogP contribution is -2.25. The maximum Gasteiger partial charge on any atom is 0.231 e. The van der Waals surface area contributed by atoms with E-state index in [2.05, 4.69) is 5.32 Å². The number of sulfone groups is 1. The minimum absolute atomic E-state index is 0.0493. The van der Waals surface area contributed by atoms with Crippen LogP contribution in [-0.4, -0.2) is 32.6 Å². The Kier molecular flexibility index (Phi) is 3.75. The summed E-state index contributed by atoms with van der Waals surface area (Å²) in [5.74, 6) is 1.56. The Balaban J connectivity index is 1.50. The van der Waals surface area contributed by atoms with Gasteiger partial charge in [-0.25, -0.2) is 8.42 Å². The van der Waals surface area contributed by atoms with Crippen LogP contribution in [0.3, 0.4) is 0 Å². The summed E-state index contributed by atoms with van der Waals surface area (Å²) in [6.07, 6.45) is 0.851. The molecule has 0 aromatic heterocycles. The predicted octanol–water partition coefficient (Wildman–Crippen LogP) is 0.856. The lowest BCUT2D eigenvalue weighted by atomic mass is 10.0. The van der Waals surface area contributed by atoms with E-state index in [-0.39, 0.29) is 36.5 Å². The highest BCUT2D eigenvalue weighted by Crippen LogP contribution is 2.32. The first-order valence-electron chi connectivity index (χ1n) is 6.87. The molecule has 1 saturated heterocycles. The van der Waals surface area contributed by atoms with Crippen molar-refractivity contribution in [3.05, 3.63) is 23.8 Å². The van der Waals surface area contributed by atoms with Crippen LogP contribution in [0, 0.1) is 5.92 Å². The number of carbonyl (C=O) groups excluding carboxylic acids is 1. The maximum absolute atomic E-state index is 11.9. The lowest BCUT2D eigenvalue weighted by molar-refractivity contribution is -0.122. The molecule has 7 heteroatoms. The van der Waals surface area contributed by atoms with Crippen LogP contribution in [0.4, 0.5) is 0 Å². The van der Waals surface area contributed by atoms with Crippen molar-refractivity contribution in [2.24, 2.45) is 5.92 Å². The van der Waals surface area contributed by atoms with Crippen LogP contribution in [0.2, 0.25) is 0 Å². The Morgan fingerprint density at radius 1 is 1.29 bits per heavy atom. The van der Waals surface area contributed by atoms with Gasteiger partial charge in [0.25, 0.3) is 0 Å². The van der Waals surface area contributed by atoms with Crippen LogP contribution >= 0.6 is 0 Å². The molecule has 114 valence electrons. The number of hydrogen-bond donors (Lipinski definition) is 1. The van der Waals surface area contributed by atoms with Gasteiger partial charge in [-0.1, -0.05) is 6.07 Å². The molecule has 6 nitrogen and oxygen atoms in total. The largest absolute Gasteiger partial charge is 0.454 e. The van der Waals surface area contributed by atoms with Crippen molar-refractivity contribution < 1.29 is 22.7 Å². The van der Waals surface area contributed by atoms with Gasteiger partial charge in [0.2, 0.25) is 12.7 Å². The number of ether oxygens (including phenoxy) is 2. The fourth-order valence-corrected chi connectivity index (χ4v) is 4.48. The second kappa shape index (κ2) is 5.55. The first-order valence-corrected chi connectivity index (χ1v) is 8.70. The van der Waals surface area contributed by atoms with Gasteiger partial charge in [0.05, 0.1) is 11.5 Å². The Hall–Kier alpha value is -1.76. The highest BCUT2D eigenvalue weighted by Gasteiger charge is 2.29. The lowest BCUT2D eigenvalue weighted by Gasteiger charge is -2.09. The molecule has 2 aliphatic rings. The van der Waals surface area contributed by atoms with E-state index in [0.29, 0.717) is 24.5 Å². The average Bonchev–Trinajstić information content (AvgIpc) is 3.02. The Labute approximate surface area is 123 Å². The fraction of sp³-hybridized carbons (Fsp3) is 0.500. The third-order valence-electron chi connectivity index (χ3n) is 3.73. The standard InChI is InChI=1S/C14H17NO5S/c16-14(6-11-3-4-21(17,18)8-11)15-7-10-1-2-12-13(5-10)20-9-19-12/h1-2,5,11H,3-4,6-9H2,(H,15,16). The second-order valence-electron chi connectivity index (χ2n) is 5.44. The number of fused-ring (bicyclic) bond motifs is 1. The number of rotatable bonds is 4. The van der Waals surface area contributed by atoms with Gasteiger partial charge in [0.15, 0.2) is 21.3 Å². The SMILES string of the molecule is O=C(CC1CCS(=O)(=O)C1)NCc1ccc2c(c1)OCO2. The maximum atomic E-state index is 11.9. The van der Waals surface area contributed by atoms with E-state index in [0.717, 1.165) is 5.56 Å². The molecule has 1 aromatic rings. The topological polar surface area (TPSA) is 81.7 Å². The molecule has 1 N–H and O–H groups in total. The van der Waals surface area contributed by atoms with Gasteiger partial charge in [0, 0.05) is 13.0 Å². The third-order valence-corrected chi connectivity index (χ3v) is 5.56. The van der Waals surface area contributed by atoms with Crippen LogP contribution in [0.1, 0.15) is 18.4 Å². The highest BCUT2D eigenvalue weighted by atomic mass is 32.2. The summed E-state index contributed by atoms with van der Waals surface area (Å²) in [6.45, 7) is 0.621. The quantitative estimate of drug-likeness (QED) is 0.892. The number of amides is 1. The zero-order chi connectivity index (χ0) is 14.9. The van der Waals surface area contributed by atoms with Crippen LogP contribution in [-0.2, 0) is 21.2 Å². The molecular formula is C14H17NO5S. The van der Waals surface area contributed by atoms with E-state index in [1.54, 1.807) is 0 Å². The normalized spacial score (nSPS) is 22.2. The van der Waals surface area contributed by atoms with E-state index < -0.39 is 9.84 Å². The summed E-state index contributed by atoms with van der Waals surface area (Å²) in [7, 11) is -2.93. The fourth-order valence-electron chi connectivity index (χ4n) is 2.62. The predicted molar refractivity (Wildman–Crippen MR) is 75.8 cm³/mol. The van der Waals surface area contributed by atoms with Crippen molar-refractivity contribution in [1.82, 2.24) is 5.32 Å². The molecule has 0 radical (unpaired) electrons. The van der Waals surface area contributed by atoms with E-state index >= 15 is 0 Å². The van der Waals surface area contributed by atoms with Gasteiger partial charge in [-0.2, -0.15) is 0 Å². The molecule has 0 bridgehead atoms. The Bertz CT molecular complexity index is 655. The van der Waals surface area contributed by atoms with Crippen molar-refractivity contribution in [3.8, 4) is 11.5 Å². The Morgan fingerprint density at radius 2 is 2.10 bits per heavy atom. The van der Waals surface area contributed by atoms with E-state index in [1.807, 2.05) is 18.2 Å². The molecule has 3 rings (SSSR count). The van der Waals surface area contributed by atoms with Crippen molar-refractivity contribution in [3.63, 3.8) is 0 Å². The van der Waals surface area contributed by atoms with Crippen molar-refractivity contribution in [2.75, 3.05) is 18.3 Å². The van der Waals surface area contributed by atoms with Crippen LogP contribution < -0.4 is 14.8 Å². The molecule has 1 unspecified atom stereocenters. The van der Waals surface area contributed by atoms with Crippen molar-refractivity contribution >= 4 is 15.7 Å². The smallest absolute Gasteiger partial charge is 0.231 e. The molecular weight excluding hydrogens is 294 g/mol. The molecule has 1 aromatic carbocycles. The summed E-state index contributed by atoms with van der Waals surface area (Å²) in [5, 5.41) is 2.81.